The molecule has 25 heavy (non-hydrogen) atoms. The Balaban J connectivity index is 1.82. The van der Waals surface area contributed by atoms with Crippen molar-refractivity contribution in [1.29, 1.82) is 0 Å². The van der Waals surface area contributed by atoms with Crippen molar-refractivity contribution in [3.8, 4) is 5.75 Å². The zero-order valence-electron chi connectivity index (χ0n) is 14.2. The third-order valence-corrected chi connectivity index (χ3v) is 3.52. The number of carbonyl (C=O) groups excluding carboxylic acids is 2. The molecule has 4 N–H and O–H groups in total. The van der Waals surface area contributed by atoms with E-state index in [0.29, 0.717) is 18.0 Å². The summed E-state index contributed by atoms with van der Waals surface area (Å²) < 4.78 is 5.49. The van der Waals surface area contributed by atoms with Gasteiger partial charge in [0.15, 0.2) is 0 Å². The summed E-state index contributed by atoms with van der Waals surface area (Å²) in [5, 5.41) is 5.58. The van der Waals surface area contributed by atoms with Crippen LogP contribution in [0.5, 0.6) is 5.75 Å². The molecule has 2 aromatic carbocycles. The summed E-state index contributed by atoms with van der Waals surface area (Å²) >= 11 is 0. The predicted molar refractivity (Wildman–Crippen MR) is 97.7 cm³/mol. The van der Waals surface area contributed by atoms with Crippen LogP contribution < -0.4 is 21.1 Å². The molecule has 132 valence electrons. The topological polar surface area (TPSA) is 93.4 Å². The summed E-state index contributed by atoms with van der Waals surface area (Å²) in [5.41, 5.74) is 8.01. The molecule has 0 heterocycles. The molecule has 2 aromatic rings. The average Bonchev–Trinajstić information content (AvgIpc) is 2.56. The second-order valence-electron chi connectivity index (χ2n) is 5.68. The monoisotopic (exact) mass is 341 g/mol. The van der Waals surface area contributed by atoms with Crippen LogP contribution in [0.15, 0.2) is 48.5 Å². The lowest BCUT2D eigenvalue weighted by Crippen LogP contribution is -2.30. The number of amides is 3. The smallest absolute Gasteiger partial charge is 0.319 e. The Morgan fingerprint density at radius 2 is 1.92 bits per heavy atom. The number of primary amides is 1. The van der Waals surface area contributed by atoms with Crippen LogP contribution in [0.3, 0.4) is 0 Å². The van der Waals surface area contributed by atoms with Crippen LogP contribution in [0.4, 0.5) is 10.5 Å². The van der Waals surface area contributed by atoms with Crippen LogP contribution in [0.2, 0.25) is 0 Å². The highest BCUT2D eigenvalue weighted by molar-refractivity contribution is 5.90. The van der Waals surface area contributed by atoms with Crippen LogP contribution in [-0.4, -0.2) is 25.1 Å². The lowest BCUT2D eigenvalue weighted by Gasteiger charge is -2.12. The quantitative estimate of drug-likeness (QED) is 0.689. The molecule has 2 rings (SSSR count). The largest absolute Gasteiger partial charge is 0.491 e. The van der Waals surface area contributed by atoms with Crippen molar-refractivity contribution in [2.24, 2.45) is 5.73 Å². The minimum Gasteiger partial charge on any atom is -0.491 e. The van der Waals surface area contributed by atoms with Gasteiger partial charge in [-0.1, -0.05) is 42.0 Å². The minimum absolute atomic E-state index is 0.122. The second kappa shape index (κ2) is 9.32. The molecule has 0 saturated heterocycles. The number of aryl methyl sites for hydroxylation is 1. The number of hydrogen-bond donors (Lipinski definition) is 3. The fourth-order valence-electron chi connectivity index (χ4n) is 2.31. The van der Waals surface area contributed by atoms with Crippen molar-refractivity contribution in [1.82, 2.24) is 5.32 Å². The van der Waals surface area contributed by atoms with E-state index in [1.54, 1.807) is 24.3 Å². The SMILES string of the molecule is Cc1cccc(CCNC(=O)Nc2ccccc2OCCC(N)=O)c1. The number of nitrogens with two attached hydrogens (primary N) is 1. The number of benzene rings is 2. The maximum absolute atomic E-state index is 12.1. The van der Waals surface area contributed by atoms with Gasteiger partial charge in [0.05, 0.1) is 18.7 Å². The van der Waals surface area contributed by atoms with E-state index < -0.39 is 5.91 Å². The number of nitrogens with one attached hydrogen (secondary N) is 2. The van der Waals surface area contributed by atoms with E-state index in [0.717, 1.165) is 6.42 Å². The molecule has 0 aromatic heterocycles. The first-order valence-electron chi connectivity index (χ1n) is 8.15. The van der Waals surface area contributed by atoms with Crippen molar-refractivity contribution < 1.29 is 14.3 Å². The Morgan fingerprint density at radius 3 is 2.68 bits per heavy atom. The van der Waals surface area contributed by atoms with Gasteiger partial charge in [-0.15, -0.1) is 0 Å². The zero-order valence-corrected chi connectivity index (χ0v) is 14.2. The van der Waals surface area contributed by atoms with Gasteiger partial charge in [-0.3, -0.25) is 4.79 Å². The predicted octanol–water partition coefficient (Wildman–Crippen LogP) is 2.61. The van der Waals surface area contributed by atoms with E-state index in [1.807, 2.05) is 25.1 Å². The maximum Gasteiger partial charge on any atom is 0.319 e. The summed E-state index contributed by atoms with van der Waals surface area (Å²) in [5.74, 6) is 0.0666. The normalized spacial score (nSPS) is 10.1. The minimum atomic E-state index is -0.431. The summed E-state index contributed by atoms with van der Waals surface area (Å²) in [4.78, 5) is 22.8. The van der Waals surface area contributed by atoms with Crippen LogP contribution in [0.1, 0.15) is 17.5 Å². The first-order valence-corrected chi connectivity index (χ1v) is 8.15. The molecule has 0 aliphatic heterocycles. The number of anilines is 1. The molecule has 6 nitrogen and oxygen atoms in total. The van der Waals surface area contributed by atoms with Crippen LogP contribution in [-0.2, 0) is 11.2 Å². The molecule has 0 radical (unpaired) electrons. The average molecular weight is 341 g/mol. The Bertz CT molecular complexity index is 731. The molecule has 0 spiro atoms. The van der Waals surface area contributed by atoms with Gasteiger partial charge in [0.1, 0.15) is 5.75 Å². The summed E-state index contributed by atoms with van der Waals surface area (Å²) in [6, 6.07) is 14.9. The van der Waals surface area contributed by atoms with Gasteiger partial charge in [0.2, 0.25) is 5.91 Å². The number of hydrogen-bond acceptors (Lipinski definition) is 3. The first kappa shape index (κ1) is 18.3. The molecule has 6 heteroatoms. The summed E-state index contributed by atoms with van der Waals surface area (Å²) in [7, 11) is 0. The van der Waals surface area contributed by atoms with Gasteiger partial charge in [0, 0.05) is 6.54 Å². The van der Waals surface area contributed by atoms with Crippen molar-refractivity contribution in [3.05, 3.63) is 59.7 Å². The van der Waals surface area contributed by atoms with Gasteiger partial charge in [-0.25, -0.2) is 4.79 Å². The lowest BCUT2D eigenvalue weighted by atomic mass is 10.1. The number of para-hydroxylation sites is 2. The van der Waals surface area contributed by atoms with Gasteiger partial charge in [-0.05, 0) is 31.0 Å². The van der Waals surface area contributed by atoms with Gasteiger partial charge < -0.3 is 21.1 Å². The highest BCUT2D eigenvalue weighted by Gasteiger charge is 2.07. The Morgan fingerprint density at radius 1 is 1.12 bits per heavy atom. The molecular formula is C19H23N3O3. The highest BCUT2D eigenvalue weighted by Crippen LogP contribution is 2.23. The number of ether oxygens (including phenoxy) is 1. The Hall–Kier alpha value is -3.02. The van der Waals surface area contributed by atoms with E-state index in [1.165, 1.54) is 11.1 Å². The van der Waals surface area contributed by atoms with Gasteiger partial charge in [0.25, 0.3) is 0 Å². The first-order chi connectivity index (χ1) is 12.0. The van der Waals surface area contributed by atoms with Crippen LogP contribution in [0.25, 0.3) is 0 Å². The van der Waals surface area contributed by atoms with Crippen molar-refractivity contribution >= 4 is 17.6 Å². The van der Waals surface area contributed by atoms with E-state index in [9.17, 15) is 9.59 Å². The molecule has 0 unspecified atom stereocenters. The summed E-state index contributed by atoms with van der Waals surface area (Å²) in [6.07, 6.45) is 0.878. The molecule has 0 saturated carbocycles. The molecule has 0 bridgehead atoms. The van der Waals surface area contributed by atoms with Gasteiger partial charge in [-0.2, -0.15) is 0 Å². The standard InChI is InChI=1S/C19H23N3O3/c1-14-5-4-6-15(13-14)9-11-21-19(24)22-16-7-2-3-8-17(16)25-12-10-18(20)23/h2-8,13H,9-12H2,1H3,(H2,20,23)(H2,21,22,24). The van der Waals surface area contributed by atoms with Crippen molar-refractivity contribution in [2.75, 3.05) is 18.5 Å². The number of carbonyl (C=O) groups is 2. The fraction of sp³-hybridized carbons (Fsp3) is 0.263. The van der Waals surface area contributed by atoms with E-state index in [-0.39, 0.29) is 19.1 Å². The molecule has 0 atom stereocenters. The second-order valence-corrected chi connectivity index (χ2v) is 5.68. The maximum atomic E-state index is 12.1. The van der Waals surface area contributed by atoms with Crippen molar-refractivity contribution in [3.63, 3.8) is 0 Å². The molecule has 0 aliphatic carbocycles. The van der Waals surface area contributed by atoms with E-state index >= 15 is 0 Å². The number of rotatable bonds is 8. The van der Waals surface area contributed by atoms with E-state index in [2.05, 4.69) is 16.7 Å². The Labute approximate surface area is 147 Å². The van der Waals surface area contributed by atoms with E-state index in [4.69, 9.17) is 10.5 Å². The zero-order chi connectivity index (χ0) is 18.1. The number of urea groups is 1. The third-order valence-electron chi connectivity index (χ3n) is 3.52. The van der Waals surface area contributed by atoms with Crippen molar-refractivity contribution in [2.45, 2.75) is 19.8 Å². The third kappa shape index (κ3) is 6.55. The molecule has 0 aliphatic rings. The highest BCUT2D eigenvalue weighted by atomic mass is 16.5. The fourth-order valence-corrected chi connectivity index (χ4v) is 2.31. The van der Waals surface area contributed by atoms with Crippen LogP contribution >= 0.6 is 0 Å². The van der Waals surface area contributed by atoms with Gasteiger partial charge >= 0.3 is 6.03 Å². The molecule has 3 amide bonds. The lowest BCUT2D eigenvalue weighted by molar-refractivity contribution is -0.118. The van der Waals surface area contributed by atoms with Crippen LogP contribution in [0, 0.1) is 6.92 Å². The summed E-state index contributed by atoms with van der Waals surface area (Å²) in [6.45, 7) is 2.74. The molecule has 0 fully saturated rings. The molecular weight excluding hydrogens is 318 g/mol. The Kier molecular flexibility index (Phi) is 6.83.